The highest BCUT2D eigenvalue weighted by Crippen LogP contribution is 2.31. The van der Waals surface area contributed by atoms with Gasteiger partial charge in [0, 0.05) is 12.0 Å². The molecule has 2 rings (SSSR count). The van der Waals surface area contributed by atoms with Crippen molar-refractivity contribution in [3.63, 3.8) is 0 Å². The average Bonchev–Trinajstić information content (AvgIpc) is 2.51. The highest BCUT2D eigenvalue weighted by molar-refractivity contribution is 5.40. The summed E-state index contributed by atoms with van der Waals surface area (Å²) in [6.07, 6.45) is 6.17. The van der Waals surface area contributed by atoms with Crippen LogP contribution in [0.15, 0.2) is 18.2 Å². The van der Waals surface area contributed by atoms with Gasteiger partial charge in [0.15, 0.2) is 11.6 Å². The van der Waals surface area contributed by atoms with E-state index in [4.69, 9.17) is 9.84 Å². The summed E-state index contributed by atoms with van der Waals surface area (Å²) in [6.45, 7) is 2.21. The average molecular weight is 290 g/mol. The van der Waals surface area contributed by atoms with Crippen molar-refractivity contribution < 1.29 is 14.2 Å². The van der Waals surface area contributed by atoms with Crippen LogP contribution in [0.4, 0.5) is 4.39 Å². The number of aliphatic hydroxyl groups excluding tert-OH is 1. The summed E-state index contributed by atoms with van der Waals surface area (Å²) in [5.41, 5.74) is 0.726. The van der Waals surface area contributed by atoms with Gasteiger partial charge in [-0.05, 0) is 49.8 Å². The van der Waals surface area contributed by atoms with E-state index in [0.717, 1.165) is 24.8 Å². The Labute approximate surface area is 126 Å². The van der Waals surface area contributed by atoms with E-state index in [1.54, 1.807) is 12.1 Å². The molecule has 0 spiro atoms. The van der Waals surface area contributed by atoms with E-state index < -0.39 is 0 Å². The lowest BCUT2D eigenvalue weighted by Gasteiger charge is -2.31. The molecule has 0 radical (unpaired) electrons. The number of hydrogen-bond donors (Lipinski definition) is 1. The lowest BCUT2D eigenvalue weighted by atomic mass is 9.85. The highest BCUT2D eigenvalue weighted by Gasteiger charge is 2.26. The number of benzene rings is 1. The zero-order valence-corrected chi connectivity index (χ0v) is 12.6. The molecule has 1 aromatic carbocycles. The third-order valence-electron chi connectivity index (χ3n) is 4.04. The molecule has 2 atom stereocenters. The second kappa shape index (κ2) is 8.05. The minimum Gasteiger partial charge on any atom is -0.487 e. The van der Waals surface area contributed by atoms with Gasteiger partial charge in [-0.1, -0.05) is 25.2 Å². The maximum atomic E-state index is 13.9. The molecule has 1 fully saturated rings. The van der Waals surface area contributed by atoms with Crippen LogP contribution in [-0.2, 0) is 0 Å². The standard InChI is InChI=1S/C18H23FO2/c1-2-15-8-3-4-9-17(15)21-18-13-14(7-5-6-12-20)10-11-16(18)19/h10-11,13,15,17,20H,2-4,6,8-9,12H2,1H3. The molecule has 0 saturated heterocycles. The molecule has 1 aliphatic rings. The number of halogens is 1. The molecule has 1 saturated carbocycles. The van der Waals surface area contributed by atoms with Crippen LogP contribution in [0.1, 0.15) is 51.0 Å². The van der Waals surface area contributed by atoms with Gasteiger partial charge in [-0.3, -0.25) is 0 Å². The summed E-state index contributed by atoms with van der Waals surface area (Å²) in [6, 6.07) is 4.72. The smallest absolute Gasteiger partial charge is 0.165 e. The van der Waals surface area contributed by atoms with Crippen LogP contribution in [0, 0.1) is 23.6 Å². The molecule has 2 unspecified atom stereocenters. The molecule has 0 heterocycles. The first-order chi connectivity index (χ1) is 10.2. The van der Waals surface area contributed by atoms with Crippen molar-refractivity contribution in [1.82, 2.24) is 0 Å². The van der Waals surface area contributed by atoms with Gasteiger partial charge in [0.25, 0.3) is 0 Å². The second-order valence-corrected chi connectivity index (χ2v) is 5.53. The molecule has 1 aromatic rings. The zero-order chi connectivity index (χ0) is 15.1. The Bertz CT molecular complexity index is 516. The SMILES string of the molecule is CCC1CCCCC1Oc1cc(C#CCCO)ccc1F. The van der Waals surface area contributed by atoms with Gasteiger partial charge in [-0.25, -0.2) is 4.39 Å². The van der Waals surface area contributed by atoms with Crippen LogP contribution in [-0.4, -0.2) is 17.8 Å². The number of aliphatic hydroxyl groups is 1. The minimum absolute atomic E-state index is 0.0395. The van der Waals surface area contributed by atoms with Crippen LogP contribution < -0.4 is 4.74 Å². The van der Waals surface area contributed by atoms with Gasteiger partial charge in [0.2, 0.25) is 0 Å². The summed E-state index contributed by atoms with van der Waals surface area (Å²) >= 11 is 0. The fourth-order valence-electron chi connectivity index (χ4n) is 2.85. The number of hydrogen-bond acceptors (Lipinski definition) is 2. The molecular weight excluding hydrogens is 267 g/mol. The first-order valence-corrected chi connectivity index (χ1v) is 7.80. The van der Waals surface area contributed by atoms with Crippen LogP contribution in [0.25, 0.3) is 0 Å². The number of ether oxygens (including phenoxy) is 1. The molecule has 114 valence electrons. The molecule has 3 heteroatoms. The van der Waals surface area contributed by atoms with E-state index in [1.165, 1.54) is 18.9 Å². The monoisotopic (exact) mass is 290 g/mol. The third kappa shape index (κ3) is 4.47. The van der Waals surface area contributed by atoms with Crippen molar-refractivity contribution in [2.24, 2.45) is 5.92 Å². The molecule has 21 heavy (non-hydrogen) atoms. The quantitative estimate of drug-likeness (QED) is 0.852. The maximum Gasteiger partial charge on any atom is 0.165 e. The maximum absolute atomic E-state index is 13.9. The van der Waals surface area contributed by atoms with E-state index in [0.29, 0.717) is 18.1 Å². The molecular formula is C18H23FO2. The minimum atomic E-state index is -0.330. The second-order valence-electron chi connectivity index (χ2n) is 5.53. The van der Waals surface area contributed by atoms with Crippen LogP contribution in [0.2, 0.25) is 0 Å². The third-order valence-corrected chi connectivity index (χ3v) is 4.04. The van der Waals surface area contributed by atoms with E-state index in [1.807, 2.05) is 0 Å². The van der Waals surface area contributed by atoms with Gasteiger partial charge < -0.3 is 9.84 Å². The summed E-state index contributed by atoms with van der Waals surface area (Å²) in [7, 11) is 0. The zero-order valence-electron chi connectivity index (χ0n) is 12.6. The van der Waals surface area contributed by atoms with Crippen LogP contribution in [0.5, 0.6) is 5.75 Å². The molecule has 1 N–H and O–H groups in total. The fourth-order valence-corrected chi connectivity index (χ4v) is 2.85. The van der Waals surface area contributed by atoms with Crippen molar-refractivity contribution >= 4 is 0 Å². The molecule has 0 aromatic heterocycles. The van der Waals surface area contributed by atoms with Gasteiger partial charge in [-0.2, -0.15) is 0 Å². The van der Waals surface area contributed by atoms with Crippen molar-refractivity contribution in [2.45, 2.75) is 51.6 Å². The normalized spacial score (nSPS) is 21.5. The Hall–Kier alpha value is -1.53. The lowest BCUT2D eigenvalue weighted by Crippen LogP contribution is -2.30. The van der Waals surface area contributed by atoms with Crippen molar-refractivity contribution in [1.29, 1.82) is 0 Å². The van der Waals surface area contributed by atoms with Crippen molar-refractivity contribution in [3.05, 3.63) is 29.6 Å². The number of rotatable bonds is 4. The summed E-state index contributed by atoms with van der Waals surface area (Å²) < 4.78 is 19.9. The Morgan fingerprint density at radius 3 is 2.90 bits per heavy atom. The Balaban J connectivity index is 2.11. The molecule has 1 aliphatic carbocycles. The van der Waals surface area contributed by atoms with Crippen molar-refractivity contribution in [3.8, 4) is 17.6 Å². The predicted octanol–water partition coefficient (Wildman–Crippen LogP) is 3.91. The first-order valence-electron chi connectivity index (χ1n) is 7.80. The lowest BCUT2D eigenvalue weighted by molar-refractivity contribution is 0.0863. The Morgan fingerprint density at radius 2 is 2.14 bits per heavy atom. The molecule has 2 nitrogen and oxygen atoms in total. The topological polar surface area (TPSA) is 29.5 Å². The van der Waals surface area contributed by atoms with E-state index >= 15 is 0 Å². The predicted molar refractivity (Wildman–Crippen MR) is 81.6 cm³/mol. The van der Waals surface area contributed by atoms with Crippen LogP contribution in [0.3, 0.4) is 0 Å². The van der Waals surface area contributed by atoms with E-state index in [-0.39, 0.29) is 18.5 Å². The Morgan fingerprint density at radius 1 is 1.33 bits per heavy atom. The highest BCUT2D eigenvalue weighted by atomic mass is 19.1. The van der Waals surface area contributed by atoms with Gasteiger partial charge in [0.05, 0.1) is 6.61 Å². The van der Waals surface area contributed by atoms with Gasteiger partial charge in [0.1, 0.15) is 6.10 Å². The first kappa shape index (κ1) is 15.9. The molecule has 0 aliphatic heterocycles. The van der Waals surface area contributed by atoms with Gasteiger partial charge >= 0.3 is 0 Å². The van der Waals surface area contributed by atoms with Gasteiger partial charge in [-0.15, -0.1) is 0 Å². The molecule has 0 bridgehead atoms. The summed E-state index contributed by atoms with van der Waals surface area (Å²) in [4.78, 5) is 0. The molecule has 0 amide bonds. The van der Waals surface area contributed by atoms with Crippen molar-refractivity contribution in [2.75, 3.05) is 6.61 Å². The fraction of sp³-hybridized carbons (Fsp3) is 0.556. The van der Waals surface area contributed by atoms with E-state index in [2.05, 4.69) is 18.8 Å². The van der Waals surface area contributed by atoms with Crippen LogP contribution >= 0.6 is 0 Å². The Kier molecular flexibility index (Phi) is 6.07. The summed E-state index contributed by atoms with van der Waals surface area (Å²) in [5.74, 6) is 6.25. The summed E-state index contributed by atoms with van der Waals surface area (Å²) in [5, 5.41) is 8.73. The largest absolute Gasteiger partial charge is 0.487 e. The van der Waals surface area contributed by atoms with E-state index in [9.17, 15) is 4.39 Å².